The molecular formula is C39H59Br4N2+. The Kier molecular flexibility index (Phi) is 19.0. The van der Waals surface area contributed by atoms with E-state index in [-0.39, 0.29) is 0 Å². The van der Waals surface area contributed by atoms with Gasteiger partial charge in [-0.1, -0.05) is 130 Å². The highest BCUT2D eigenvalue weighted by molar-refractivity contribution is 9.11. The lowest BCUT2D eigenvalue weighted by Crippen LogP contribution is -2.20. The summed E-state index contributed by atoms with van der Waals surface area (Å²) in [6.07, 6.45) is 26.1. The topological polar surface area (TPSA) is 6.25 Å². The number of unbranched alkanes of at least 4 members (excludes halogenated alkanes) is 10. The van der Waals surface area contributed by atoms with Crippen LogP contribution in [0.15, 0.2) is 42.2 Å². The molecule has 3 rings (SSSR count). The van der Waals surface area contributed by atoms with Gasteiger partial charge in [0, 0.05) is 0 Å². The van der Waals surface area contributed by atoms with E-state index in [2.05, 4.69) is 131 Å². The number of nitrogens with zero attached hydrogens (tertiary/aromatic N) is 2. The monoisotopic (exact) mass is 871 g/mol. The highest BCUT2D eigenvalue weighted by atomic mass is 79.9. The first-order valence-corrected chi connectivity index (χ1v) is 21.4. The van der Waals surface area contributed by atoms with Crippen LogP contribution in [0.5, 0.6) is 0 Å². The van der Waals surface area contributed by atoms with Gasteiger partial charge in [0.25, 0.3) is 0 Å². The van der Waals surface area contributed by atoms with Gasteiger partial charge >= 0.3 is 0 Å². The summed E-state index contributed by atoms with van der Waals surface area (Å²) in [5, 5.41) is 0. The Morgan fingerprint density at radius 3 is 1.60 bits per heavy atom. The normalized spacial score (nSPS) is 14.7. The molecule has 1 aliphatic rings. The van der Waals surface area contributed by atoms with E-state index < -0.39 is 0 Å². The Morgan fingerprint density at radius 1 is 0.578 bits per heavy atom. The zero-order valence-electron chi connectivity index (χ0n) is 28.6. The molecule has 2 aromatic carbocycles. The Morgan fingerprint density at radius 2 is 1.07 bits per heavy atom. The van der Waals surface area contributed by atoms with Crippen LogP contribution in [0.4, 0.5) is 11.4 Å². The van der Waals surface area contributed by atoms with Crippen LogP contribution in [0, 0.1) is 0 Å². The van der Waals surface area contributed by atoms with Crippen LogP contribution in [-0.4, -0.2) is 24.0 Å². The first-order valence-electron chi connectivity index (χ1n) is 18.2. The van der Waals surface area contributed by atoms with E-state index in [4.69, 9.17) is 0 Å². The van der Waals surface area contributed by atoms with Gasteiger partial charge in [0.15, 0.2) is 11.4 Å². The van der Waals surface area contributed by atoms with Crippen molar-refractivity contribution in [3.8, 4) is 0 Å². The minimum absolute atomic E-state index is 0.600. The fourth-order valence-corrected chi connectivity index (χ4v) is 10.5. The van der Waals surface area contributed by atoms with Gasteiger partial charge in [-0.25, -0.2) is 9.48 Å². The largest absolute Gasteiger partial charge is 0.244 e. The van der Waals surface area contributed by atoms with Crippen molar-refractivity contribution in [2.45, 2.75) is 155 Å². The quantitative estimate of drug-likeness (QED) is 0.0844. The second-order valence-corrected chi connectivity index (χ2v) is 16.5. The third kappa shape index (κ3) is 11.7. The molecule has 0 N–H and O–H groups in total. The van der Waals surface area contributed by atoms with E-state index in [1.807, 2.05) is 0 Å². The summed E-state index contributed by atoms with van der Waals surface area (Å²) in [4.78, 5) is 2.44. The summed E-state index contributed by atoms with van der Waals surface area (Å²) in [7, 11) is 0. The predicted octanol–water partition coefficient (Wildman–Crippen LogP) is 15.2. The first kappa shape index (κ1) is 39.3. The van der Waals surface area contributed by atoms with Gasteiger partial charge in [-0.2, -0.15) is 0 Å². The summed E-state index contributed by atoms with van der Waals surface area (Å²) in [5.41, 5.74) is 5.46. The maximum Gasteiger partial charge on any atom is 0.244 e. The smallest absolute Gasteiger partial charge is 0.227 e. The van der Waals surface area contributed by atoms with Gasteiger partial charge in [-0.15, -0.1) is 0 Å². The Hall–Kier alpha value is -0.170. The van der Waals surface area contributed by atoms with Gasteiger partial charge in [0.2, 0.25) is 6.34 Å². The van der Waals surface area contributed by atoms with Crippen LogP contribution in [0.3, 0.4) is 0 Å². The van der Waals surface area contributed by atoms with Crippen LogP contribution >= 0.6 is 63.7 Å². The van der Waals surface area contributed by atoms with E-state index in [1.54, 1.807) is 0 Å². The van der Waals surface area contributed by atoms with Crippen LogP contribution in [0.2, 0.25) is 0 Å². The number of rotatable bonds is 22. The maximum absolute atomic E-state index is 4.12. The van der Waals surface area contributed by atoms with E-state index in [9.17, 15) is 0 Å². The lowest BCUT2D eigenvalue weighted by molar-refractivity contribution is -0.425. The number of hydrogen-bond donors (Lipinski definition) is 0. The molecule has 2 atom stereocenters. The van der Waals surface area contributed by atoms with E-state index in [0.717, 1.165) is 22.0 Å². The van der Waals surface area contributed by atoms with Crippen LogP contribution in [-0.2, 0) is 0 Å². The van der Waals surface area contributed by atoms with Gasteiger partial charge < -0.3 is 0 Å². The fourth-order valence-electron chi connectivity index (χ4n) is 7.06. The average molecular weight is 876 g/mol. The molecule has 252 valence electrons. The predicted molar refractivity (Wildman–Crippen MR) is 213 cm³/mol. The Balaban J connectivity index is 1.83. The molecule has 0 fully saturated rings. The van der Waals surface area contributed by atoms with Crippen molar-refractivity contribution < 1.29 is 4.58 Å². The number of benzene rings is 2. The third-order valence-electron chi connectivity index (χ3n) is 9.59. The lowest BCUT2D eigenvalue weighted by atomic mass is 9.89. The minimum atomic E-state index is 0.600. The lowest BCUT2D eigenvalue weighted by Gasteiger charge is -2.21. The van der Waals surface area contributed by atoms with Gasteiger partial charge in [-0.05, 0) is 124 Å². The van der Waals surface area contributed by atoms with Crippen molar-refractivity contribution in [3.05, 3.63) is 53.3 Å². The number of anilines is 1. The molecule has 0 aliphatic carbocycles. The fraction of sp³-hybridized carbons (Fsp3) is 0.667. The van der Waals surface area contributed by atoms with Crippen LogP contribution in [0.1, 0.15) is 166 Å². The first-order chi connectivity index (χ1) is 21.9. The van der Waals surface area contributed by atoms with Gasteiger partial charge in [0.05, 0.1) is 17.9 Å². The molecular weight excluding hydrogens is 816 g/mol. The van der Waals surface area contributed by atoms with Crippen molar-refractivity contribution in [2.24, 2.45) is 0 Å². The Labute approximate surface area is 310 Å². The van der Waals surface area contributed by atoms with Gasteiger partial charge in [0.1, 0.15) is 13.1 Å². The summed E-state index contributed by atoms with van der Waals surface area (Å²) in [6.45, 7) is 11.2. The van der Waals surface area contributed by atoms with Crippen LogP contribution in [0.25, 0.3) is 0 Å². The van der Waals surface area contributed by atoms with Crippen LogP contribution < -0.4 is 4.90 Å². The molecule has 45 heavy (non-hydrogen) atoms. The van der Waals surface area contributed by atoms with Crippen molar-refractivity contribution >= 4 is 81.4 Å². The number of hydrogen-bond acceptors (Lipinski definition) is 1. The van der Waals surface area contributed by atoms with E-state index >= 15 is 0 Å². The molecule has 0 bridgehead atoms. The molecule has 0 aromatic heterocycles. The second-order valence-electron chi connectivity index (χ2n) is 13.2. The SMILES string of the molecule is CCCCCCCCC(CCC)c1ccc(Br)c(N2C=[N+](c3c(Br)ccc(C(CCC)CCCCCCCC)c3Br)CC2)c1Br. The third-order valence-corrected chi connectivity index (χ3v) is 12.5. The molecule has 2 aromatic rings. The van der Waals surface area contributed by atoms with Gasteiger partial charge in [-0.3, -0.25) is 0 Å². The molecule has 0 saturated carbocycles. The summed E-state index contributed by atoms with van der Waals surface area (Å²) < 4.78 is 7.26. The average Bonchev–Trinajstić information content (AvgIpc) is 3.49. The summed E-state index contributed by atoms with van der Waals surface area (Å²) in [6, 6.07) is 9.27. The second kappa shape index (κ2) is 21.7. The molecule has 1 aliphatic heterocycles. The molecule has 2 nitrogen and oxygen atoms in total. The summed E-state index contributed by atoms with van der Waals surface area (Å²) >= 11 is 16.1. The molecule has 0 saturated heterocycles. The Bertz CT molecular complexity index is 1190. The molecule has 2 unspecified atom stereocenters. The highest BCUT2D eigenvalue weighted by Crippen LogP contribution is 2.45. The zero-order valence-corrected chi connectivity index (χ0v) is 34.9. The van der Waals surface area contributed by atoms with Crippen molar-refractivity contribution in [1.29, 1.82) is 0 Å². The number of halogens is 4. The van der Waals surface area contributed by atoms with Crippen molar-refractivity contribution in [2.75, 3.05) is 18.0 Å². The molecule has 0 radical (unpaired) electrons. The zero-order chi connectivity index (χ0) is 32.6. The van der Waals surface area contributed by atoms with E-state index in [1.165, 1.54) is 147 Å². The molecule has 1 heterocycles. The highest BCUT2D eigenvalue weighted by Gasteiger charge is 2.31. The molecule has 0 spiro atoms. The maximum atomic E-state index is 4.12. The van der Waals surface area contributed by atoms with E-state index in [0.29, 0.717) is 11.8 Å². The molecule has 0 amide bonds. The summed E-state index contributed by atoms with van der Waals surface area (Å²) in [5.74, 6) is 1.20. The van der Waals surface area contributed by atoms with Crippen molar-refractivity contribution in [1.82, 2.24) is 0 Å². The molecule has 6 heteroatoms. The minimum Gasteiger partial charge on any atom is -0.227 e. The van der Waals surface area contributed by atoms with Crippen molar-refractivity contribution in [3.63, 3.8) is 0 Å². The standard InChI is InChI=1S/C39H59Br4N2/c1-5-9-11-13-15-17-21-30(19-7-3)32-23-25-34(40)38(36(32)42)44-27-28-45(29-44)39-35(41)26-24-33(37(39)43)31(20-8-4)22-18-16-14-12-10-6-2/h23-26,29-31H,5-22,27-28H2,1-4H3/q+1.